The predicted molar refractivity (Wildman–Crippen MR) is 185 cm³/mol. The summed E-state index contributed by atoms with van der Waals surface area (Å²) in [6.45, 7) is 0.106. The Hall–Kier alpha value is -2.98. The minimum Gasteiger partial charge on any atom is -0.495 e. The number of nitrogens with one attached hydrogen (secondary N) is 1. The van der Waals surface area contributed by atoms with E-state index in [1.54, 1.807) is 35.2 Å². The van der Waals surface area contributed by atoms with E-state index >= 15 is 0 Å². The molecule has 1 N–H and O–H groups in total. The molecule has 248 valence electrons. The number of amides is 2. The van der Waals surface area contributed by atoms with Crippen molar-refractivity contribution in [3.05, 3.63) is 92.9 Å². The van der Waals surface area contributed by atoms with Crippen molar-refractivity contribution in [1.29, 1.82) is 0 Å². The first-order chi connectivity index (χ1) is 22.0. The second kappa shape index (κ2) is 16.7. The van der Waals surface area contributed by atoms with E-state index in [0.29, 0.717) is 33.5 Å². The maximum absolute atomic E-state index is 14.1. The summed E-state index contributed by atoms with van der Waals surface area (Å²) in [5.74, 6) is -0.103. The predicted octanol–water partition coefficient (Wildman–Crippen LogP) is 7.29. The van der Waals surface area contributed by atoms with Crippen molar-refractivity contribution in [3.8, 4) is 5.75 Å². The van der Waals surface area contributed by atoms with Crippen LogP contribution in [0.1, 0.15) is 56.1 Å². The summed E-state index contributed by atoms with van der Waals surface area (Å²) in [6, 6.07) is 18.6. The number of methoxy groups -OCH3 is 1. The molecule has 1 atom stereocenters. The first-order valence-corrected chi connectivity index (χ1v) is 18.3. The third kappa shape index (κ3) is 10.0. The highest BCUT2D eigenvalue weighted by Crippen LogP contribution is 2.31. The molecule has 1 aliphatic carbocycles. The zero-order valence-electron chi connectivity index (χ0n) is 26.1. The molecule has 0 unspecified atom stereocenters. The van der Waals surface area contributed by atoms with Crippen LogP contribution in [0.2, 0.25) is 15.1 Å². The Morgan fingerprint density at radius 1 is 0.957 bits per heavy atom. The molecule has 3 aromatic carbocycles. The standard InChI is InChI=1S/C34H40Cl3N3O5S/c1-45-32-18-17-28(22-30(32)37)40(46(2,43)44)19-9-14-33(41)39(23-25-15-16-26(35)21-29(25)36)31(20-24-10-5-3-6-11-24)34(42)38-27-12-7-4-8-13-27/h3,5-6,10-11,15-18,21-22,27,31H,4,7-9,12-14,19-20,23H2,1-2H3,(H,38,42)/t31-/m0/s1. The molecule has 2 amide bonds. The van der Waals surface area contributed by atoms with E-state index in [0.717, 1.165) is 43.9 Å². The normalized spacial score (nSPS) is 14.4. The van der Waals surface area contributed by atoms with Crippen molar-refractivity contribution < 1.29 is 22.7 Å². The van der Waals surface area contributed by atoms with Crippen molar-refractivity contribution in [2.24, 2.45) is 0 Å². The smallest absolute Gasteiger partial charge is 0.243 e. The zero-order valence-corrected chi connectivity index (χ0v) is 29.1. The fourth-order valence-electron chi connectivity index (χ4n) is 5.75. The number of benzene rings is 3. The summed E-state index contributed by atoms with van der Waals surface area (Å²) in [5, 5.41) is 4.33. The number of carbonyl (C=O) groups excluding carboxylic acids is 2. The van der Waals surface area contributed by atoms with Crippen molar-refractivity contribution in [1.82, 2.24) is 10.2 Å². The van der Waals surface area contributed by atoms with Gasteiger partial charge in [0.2, 0.25) is 21.8 Å². The Labute approximate surface area is 287 Å². The molecule has 0 radical (unpaired) electrons. The van der Waals surface area contributed by atoms with Gasteiger partial charge in [0.15, 0.2) is 0 Å². The van der Waals surface area contributed by atoms with E-state index in [2.05, 4.69) is 5.32 Å². The first-order valence-electron chi connectivity index (χ1n) is 15.3. The Balaban J connectivity index is 1.61. The van der Waals surface area contributed by atoms with Gasteiger partial charge in [0.25, 0.3) is 0 Å². The van der Waals surface area contributed by atoms with E-state index in [9.17, 15) is 18.0 Å². The molecular formula is C34H40Cl3N3O5S. The second-order valence-corrected chi connectivity index (χ2v) is 14.7. The van der Waals surface area contributed by atoms with E-state index in [-0.39, 0.29) is 48.8 Å². The molecule has 4 rings (SSSR count). The Bertz CT molecular complexity index is 1600. The van der Waals surface area contributed by atoms with Crippen LogP contribution in [0.5, 0.6) is 5.75 Å². The van der Waals surface area contributed by atoms with Gasteiger partial charge in [0.1, 0.15) is 11.8 Å². The fraction of sp³-hybridized carbons (Fsp3) is 0.412. The van der Waals surface area contributed by atoms with Gasteiger partial charge < -0.3 is 15.0 Å². The highest BCUT2D eigenvalue weighted by atomic mass is 35.5. The van der Waals surface area contributed by atoms with Crippen molar-refractivity contribution in [2.75, 3.05) is 24.2 Å². The number of hydrogen-bond donors (Lipinski definition) is 1. The lowest BCUT2D eigenvalue weighted by molar-refractivity contribution is -0.141. The first kappa shape index (κ1) is 35.9. The van der Waals surface area contributed by atoms with E-state index < -0.39 is 16.1 Å². The summed E-state index contributed by atoms with van der Waals surface area (Å²) in [6.07, 6.45) is 6.64. The van der Waals surface area contributed by atoms with Crippen molar-refractivity contribution in [2.45, 2.75) is 70.0 Å². The molecule has 1 aliphatic rings. The van der Waals surface area contributed by atoms with Gasteiger partial charge in [-0.3, -0.25) is 13.9 Å². The molecule has 0 saturated heterocycles. The van der Waals surface area contributed by atoms with Crippen LogP contribution in [0.15, 0.2) is 66.7 Å². The van der Waals surface area contributed by atoms with Crippen LogP contribution in [0.3, 0.4) is 0 Å². The van der Waals surface area contributed by atoms with Crippen molar-refractivity contribution >= 4 is 62.3 Å². The molecular weight excluding hydrogens is 669 g/mol. The number of rotatable bonds is 14. The highest BCUT2D eigenvalue weighted by Gasteiger charge is 2.32. The van der Waals surface area contributed by atoms with Crippen molar-refractivity contribution in [3.63, 3.8) is 0 Å². The van der Waals surface area contributed by atoms with Crippen LogP contribution >= 0.6 is 34.8 Å². The summed E-state index contributed by atoms with van der Waals surface area (Å²) in [4.78, 5) is 29.7. The quantitative estimate of drug-likeness (QED) is 0.190. The lowest BCUT2D eigenvalue weighted by Crippen LogP contribution is -2.53. The van der Waals surface area contributed by atoms with Gasteiger partial charge in [-0.05, 0) is 60.7 Å². The van der Waals surface area contributed by atoms with Gasteiger partial charge in [0.05, 0.1) is 24.1 Å². The number of halogens is 3. The maximum atomic E-state index is 14.1. The van der Waals surface area contributed by atoms with E-state index in [1.807, 2.05) is 30.3 Å². The number of sulfonamides is 1. The lowest BCUT2D eigenvalue weighted by Gasteiger charge is -2.34. The summed E-state index contributed by atoms with van der Waals surface area (Å²) < 4.78 is 32.0. The molecule has 12 heteroatoms. The molecule has 0 aliphatic heterocycles. The Morgan fingerprint density at radius 2 is 1.67 bits per heavy atom. The van der Waals surface area contributed by atoms with Crippen LogP contribution < -0.4 is 14.4 Å². The molecule has 0 bridgehead atoms. The average Bonchev–Trinajstić information content (AvgIpc) is 3.02. The molecule has 1 saturated carbocycles. The van der Waals surface area contributed by atoms with Crippen LogP contribution in [0, 0.1) is 0 Å². The lowest BCUT2D eigenvalue weighted by atomic mass is 9.94. The van der Waals surface area contributed by atoms with Gasteiger partial charge in [-0.15, -0.1) is 0 Å². The minimum atomic E-state index is -3.70. The molecule has 3 aromatic rings. The van der Waals surface area contributed by atoms with Gasteiger partial charge in [0, 0.05) is 42.0 Å². The average molecular weight is 709 g/mol. The van der Waals surface area contributed by atoms with Crippen LogP contribution in [-0.2, 0) is 32.6 Å². The molecule has 1 fully saturated rings. The number of carbonyl (C=O) groups is 2. The van der Waals surface area contributed by atoms with Crippen LogP contribution in [0.25, 0.3) is 0 Å². The fourth-order valence-corrected chi connectivity index (χ4v) is 7.42. The van der Waals surface area contributed by atoms with E-state index in [1.165, 1.54) is 17.5 Å². The molecule has 0 spiro atoms. The van der Waals surface area contributed by atoms with Gasteiger partial charge >= 0.3 is 0 Å². The molecule has 0 heterocycles. The number of ether oxygens (including phenoxy) is 1. The zero-order chi connectivity index (χ0) is 33.3. The largest absolute Gasteiger partial charge is 0.495 e. The SMILES string of the molecule is COc1ccc(N(CCCC(=O)N(Cc2ccc(Cl)cc2Cl)[C@@H](Cc2ccccc2)C(=O)NC2CCCCC2)S(C)(=O)=O)cc1Cl. The highest BCUT2D eigenvalue weighted by molar-refractivity contribution is 7.92. The number of hydrogen-bond acceptors (Lipinski definition) is 5. The van der Waals surface area contributed by atoms with E-state index in [4.69, 9.17) is 39.5 Å². The third-order valence-electron chi connectivity index (χ3n) is 8.15. The Kier molecular flexibility index (Phi) is 13.0. The van der Waals surface area contributed by atoms with Crippen LogP contribution in [0.4, 0.5) is 5.69 Å². The number of anilines is 1. The Morgan fingerprint density at radius 3 is 2.30 bits per heavy atom. The second-order valence-electron chi connectivity index (χ2n) is 11.6. The summed E-state index contributed by atoms with van der Waals surface area (Å²) in [7, 11) is -2.23. The topological polar surface area (TPSA) is 96.0 Å². The minimum absolute atomic E-state index is 0.0108. The molecule has 8 nitrogen and oxygen atoms in total. The molecule has 46 heavy (non-hydrogen) atoms. The monoisotopic (exact) mass is 707 g/mol. The maximum Gasteiger partial charge on any atom is 0.243 e. The molecule has 0 aromatic heterocycles. The third-order valence-corrected chi connectivity index (χ3v) is 10.2. The van der Waals surface area contributed by atoms with Crippen LogP contribution in [-0.4, -0.2) is 57.1 Å². The van der Waals surface area contributed by atoms with Gasteiger partial charge in [-0.25, -0.2) is 8.42 Å². The van der Waals surface area contributed by atoms with Gasteiger partial charge in [-0.2, -0.15) is 0 Å². The summed E-state index contributed by atoms with van der Waals surface area (Å²) >= 11 is 19.0. The van der Waals surface area contributed by atoms with Gasteiger partial charge in [-0.1, -0.05) is 90.5 Å². The number of nitrogens with zero attached hydrogens (tertiary/aromatic N) is 2. The summed E-state index contributed by atoms with van der Waals surface area (Å²) in [5.41, 5.74) is 1.92.